The highest BCUT2D eigenvalue weighted by Crippen LogP contribution is 2.30. The summed E-state index contributed by atoms with van der Waals surface area (Å²) in [5, 5.41) is 6.79. The van der Waals surface area contributed by atoms with Crippen LogP contribution in [0.1, 0.15) is 48.1 Å². The lowest BCUT2D eigenvalue weighted by Crippen LogP contribution is -2.32. The quantitative estimate of drug-likeness (QED) is 0.609. The average molecular weight is 403 g/mol. The molecule has 0 saturated carbocycles. The Morgan fingerprint density at radius 1 is 1.10 bits per heavy atom. The third-order valence-corrected chi connectivity index (χ3v) is 4.71. The van der Waals surface area contributed by atoms with Crippen LogP contribution in [-0.2, 0) is 6.18 Å². The number of carbonyl (C=O) groups excluding carboxylic acids is 1. The minimum absolute atomic E-state index is 0.0301. The average Bonchev–Trinajstić information content (AvgIpc) is 3.21. The van der Waals surface area contributed by atoms with Crippen LogP contribution >= 0.6 is 0 Å². The van der Waals surface area contributed by atoms with E-state index in [0.717, 1.165) is 36.2 Å². The van der Waals surface area contributed by atoms with E-state index < -0.39 is 23.7 Å². The zero-order valence-electron chi connectivity index (χ0n) is 15.9. The van der Waals surface area contributed by atoms with Gasteiger partial charge in [-0.2, -0.15) is 18.2 Å². The fourth-order valence-corrected chi connectivity index (χ4v) is 2.78. The topological polar surface area (TPSA) is 68.0 Å². The normalized spacial score (nSPS) is 13.7. The monoisotopic (exact) mass is 403 g/mol. The number of halogens is 3. The van der Waals surface area contributed by atoms with Crippen molar-refractivity contribution in [3.8, 4) is 11.4 Å². The Hall–Kier alpha value is -3.16. The first-order valence-electron chi connectivity index (χ1n) is 9.16. The van der Waals surface area contributed by atoms with E-state index in [0.29, 0.717) is 5.82 Å². The second-order valence-corrected chi connectivity index (χ2v) is 6.73. The van der Waals surface area contributed by atoms with Crippen LogP contribution < -0.4 is 5.32 Å². The van der Waals surface area contributed by atoms with E-state index in [9.17, 15) is 18.0 Å². The summed E-state index contributed by atoms with van der Waals surface area (Å²) in [6.45, 7) is 3.88. The first kappa shape index (κ1) is 20.6. The van der Waals surface area contributed by atoms with Crippen molar-refractivity contribution in [2.75, 3.05) is 0 Å². The molecule has 2 atom stereocenters. The lowest BCUT2D eigenvalue weighted by molar-refractivity contribution is -0.137. The van der Waals surface area contributed by atoms with Gasteiger partial charge in [0, 0.05) is 11.1 Å². The van der Waals surface area contributed by atoms with Crippen LogP contribution in [0.15, 0.2) is 59.1 Å². The van der Waals surface area contributed by atoms with Gasteiger partial charge in [0.15, 0.2) is 0 Å². The minimum Gasteiger partial charge on any atom is -0.340 e. The number of rotatable bonds is 6. The number of hydrogen-bond acceptors (Lipinski definition) is 4. The summed E-state index contributed by atoms with van der Waals surface area (Å²) in [5.41, 5.74) is 0.0884. The van der Waals surface area contributed by atoms with Crippen molar-refractivity contribution >= 4 is 5.91 Å². The smallest absolute Gasteiger partial charge is 0.340 e. The molecular weight excluding hydrogens is 383 g/mol. The summed E-state index contributed by atoms with van der Waals surface area (Å²) in [6, 6.07) is 12.7. The van der Waals surface area contributed by atoms with Crippen molar-refractivity contribution in [2.24, 2.45) is 5.92 Å². The van der Waals surface area contributed by atoms with Crippen LogP contribution in [0.2, 0.25) is 0 Å². The van der Waals surface area contributed by atoms with Crippen LogP contribution in [0, 0.1) is 5.92 Å². The van der Waals surface area contributed by atoms with Gasteiger partial charge in [-0.1, -0.05) is 55.8 Å². The highest BCUT2D eigenvalue weighted by atomic mass is 19.4. The van der Waals surface area contributed by atoms with E-state index in [-0.39, 0.29) is 17.4 Å². The van der Waals surface area contributed by atoms with Gasteiger partial charge in [-0.15, -0.1) is 0 Å². The van der Waals surface area contributed by atoms with Gasteiger partial charge < -0.3 is 9.84 Å². The molecule has 1 N–H and O–H groups in total. The molecular formula is C21H20F3N3O2. The van der Waals surface area contributed by atoms with Gasteiger partial charge in [-0.05, 0) is 30.2 Å². The van der Waals surface area contributed by atoms with E-state index in [4.69, 9.17) is 4.52 Å². The molecule has 8 heteroatoms. The van der Waals surface area contributed by atoms with Crippen LogP contribution in [-0.4, -0.2) is 16.0 Å². The molecule has 0 saturated heterocycles. The molecule has 0 aliphatic heterocycles. The maximum Gasteiger partial charge on any atom is 0.416 e. The van der Waals surface area contributed by atoms with Crippen LogP contribution in [0.25, 0.3) is 11.4 Å². The van der Waals surface area contributed by atoms with Gasteiger partial charge >= 0.3 is 6.18 Å². The van der Waals surface area contributed by atoms with Crippen LogP contribution in [0.5, 0.6) is 0 Å². The molecule has 1 aromatic heterocycles. The number of benzene rings is 2. The predicted octanol–water partition coefficient (Wildman–Crippen LogP) is 5.27. The number of nitrogens with zero attached hydrogens (tertiary/aromatic N) is 2. The molecule has 0 bridgehead atoms. The second-order valence-electron chi connectivity index (χ2n) is 6.73. The number of amides is 1. The Morgan fingerprint density at radius 3 is 2.34 bits per heavy atom. The molecule has 1 heterocycles. The molecule has 0 spiro atoms. The third-order valence-electron chi connectivity index (χ3n) is 4.71. The van der Waals surface area contributed by atoms with Crippen molar-refractivity contribution in [3.05, 3.63) is 71.6 Å². The maximum absolute atomic E-state index is 12.7. The second kappa shape index (κ2) is 8.46. The minimum atomic E-state index is -4.45. The third kappa shape index (κ3) is 4.82. The highest BCUT2D eigenvalue weighted by molar-refractivity contribution is 5.94. The molecule has 152 valence electrons. The summed E-state index contributed by atoms with van der Waals surface area (Å²) in [7, 11) is 0. The van der Waals surface area contributed by atoms with Crippen molar-refractivity contribution in [1.29, 1.82) is 0 Å². The summed E-state index contributed by atoms with van der Waals surface area (Å²) in [5.74, 6) is 0.108. The van der Waals surface area contributed by atoms with Crippen molar-refractivity contribution in [2.45, 2.75) is 32.5 Å². The Balaban J connectivity index is 1.81. The predicted molar refractivity (Wildman–Crippen MR) is 101 cm³/mol. The van der Waals surface area contributed by atoms with E-state index in [2.05, 4.69) is 15.5 Å². The molecule has 0 aliphatic carbocycles. The van der Waals surface area contributed by atoms with Crippen LogP contribution in [0.4, 0.5) is 13.2 Å². The fourth-order valence-electron chi connectivity index (χ4n) is 2.78. The number of alkyl halides is 3. The molecule has 0 aliphatic rings. The fraction of sp³-hybridized carbons (Fsp3) is 0.286. The van der Waals surface area contributed by atoms with E-state index in [1.54, 1.807) is 0 Å². The van der Waals surface area contributed by atoms with Gasteiger partial charge in [0.05, 0.1) is 5.56 Å². The van der Waals surface area contributed by atoms with Gasteiger partial charge in [0.25, 0.3) is 5.91 Å². The van der Waals surface area contributed by atoms with Gasteiger partial charge in [0.1, 0.15) is 6.04 Å². The van der Waals surface area contributed by atoms with E-state index in [1.165, 1.54) is 0 Å². The van der Waals surface area contributed by atoms with E-state index in [1.807, 2.05) is 44.2 Å². The number of hydrogen-bond donors (Lipinski definition) is 1. The van der Waals surface area contributed by atoms with Crippen LogP contribution in [0.3, 0.4) is 0 Å². The lowest BCUT2D eigenvalue weighted by Gasteiger charge is -2.21. The number of carbonyl (C=O) groups is 1. The van der Waals surface area contributed by atoms with Gasteiger partial charge in [0.2, 0.25) is 11.7 Å². The molecule has 29 heavy (non-hydrogen) atoms. The molecule has 0 radical (unpaired) electrons. The Bertz CT molecular complexity index is 953. The molecule has 1 amide bonds. The van der Waals surface area contributed by atoms with Crippen molar-refractivity contribution < 1.29 is 22.5 Å². The molecule has 2 unspecified atom stereocenters. The molecule has 3 aromatic rings. The summed E-state index contributed by atoms with van der Waals surface area (Å²) in [6.07, 6.45) is -3.73. The van der Waals surface area contributed by atoms with Gasteiger partial charge in [-0.3, -0.25) is 4.79 Å². The Morgan fingerprint density at radius 2 is 1.76 bits per heavy atom. The number of nitrogens with one attached hydrogen (secondary N) is 1. The van der Waals surface area contributed by atoms with Crippen molar-refractivity contribution in [1.82, 2.24) is 15.5 Å². The SMILES string of the molecule is CCC(C)C(NC(=O)c1ccc(C(F)(F)F)cc1)c1nc(-c2ccccc2)no1. The van der Waals surface area contributed by atoms with Crippen molar-refractivity contribution in [3.63, 3.8) is 0 Å². The highest BCUT2D eigenvalue weighted by Gasteiger charge is 2.31. The molecule has 3 rings (SSSR count). The summed E-state index contributed by atoms with van der Waals surface area (Å²) < 4.78 is 43.5. The maximum atomic E-state index is 12.7. The first-order chi connectivity index (χ1) is 13.8. The summed E-state index contributed by atoms with van der Waals surface area (Å²) >= 11 is 0. The molecule has 0 fully saturated rings. The Kier molecular flexibility index (Phi) is 6.00. The summed E-state index contributed by atoms with van der Waals surface area (Å²) in [4.78, 5) is 17.0. The lowest BCUT2D eigenvalue weighted by atomic mass is 9.98. The number of aromatic nitrogens is 2. The largest absolute Gasteiger partial charge is 0.416 e. The molecule has 2 aromatic carbocycles. The first-order valence-corrected chi connectivity index (χ1v) is 9.16. The Labute approximate surface area is 165 Å². The van der Waals surface area contributed by atoms with E-state index >= 15 is 0 Å². The molecule has 5 nitrogen and oxygen atoms in total. The zero-order chi connectivity index (χ0) is 21.0. The standard InChI is InChI=1S/C21H20F3N3O2/c1-3-13(2)17(20-26-18(27-29-20)14-7-5-4-6-8-14)25-19(28)15-9-11-16(12-10-15)21(22,23)24/h4-13,17H,3H2,1-2H3,(H,25,28). The zero-order valence-corrected chi connectivity index (χ0v) is 15.9. The van der Waals surface area contributed by atoms with Gasteiger partial charge in [-0.25, -0.2) is 0 Å².